The predicted octanol–water partition coefficient (Wildman–Crippen LogP) is 3.51. The highest BCUT2D eigenvalue weighted by atomic mass is 35.5. The zero-order valence-electron chi connectivity index (χ0n) is 17.1. The van der Waals surface area contributed by atoms with Crippen LogP contribution in [0.15, 0.2) is 54.6 Å². The van der Waals surface area contributed by atoms with Crippen molar-refractivity contribution in [3.8, 4) is 5.69 Å². The molecule has 0 unspecified atom stereocenters. The van der Waals surface area contributed by atoms with Gasteiger partial charge >= 0.3 is 0 Å². The molecule has 30 heavy (non-hydrogen) atoms. The lowest BCUT2D eigenvalue weighted by atomic mass is 10.1. The number of carbonyl (C=O) groups excluding carboxylic acids is 2. The second-order valence-electron chi connectivity index (χ2n) is 7.08. The third-order valence-electron chi connectivity index (χ3n) is 4.86. The molecule has 0 fully saturated rings. The number of hydrogen-bond donors (Lipinski definition) is 2. The van der Waals surface area contributed by atoms with Gasteiger partial charge in [-0.2, -0.15) is 5.10 Å². The highest BCUT2D eigenvalue weighted by Crippen LogP contribution is 2.20. The number of hydrogen-bond acceptors (Lipinski definition) is 3. The van der Waals surface area contributed by atoms with Crippen LogP contribution in [0.1, 0.15) is 28.9 Å². The van der Waals surface area contributed by atoms with Gasteiger partial charge in [0.15, 0.2) is 0 Å². The van der Waals surface area contributed by atoms with Crippen LogP contribution in [0.3, 0.4) is 0 Å². The number of aryl methyl sites for hydroxylation is 1. The molecule has 0 spiro atoms. The second-order valence-corrected chi connectivity index (χ2v) is 7.51. The number of aromatic nitrogens is 2. The molecule has 156 valence electrons. The molecule has 0 aliphatic rings. The van der Waals surface area contributed by atoms with E-state index in [2.05, 4.69) is 15.7 Å². The van der Waals surface area contributed by atoms with Crippen molar-refractivity contribution >= 4 is 23.4 Å². The highest BCUT2D eigenvalue weighted by molar-refractivity contribution is 6.30. The topological polar surface area (TPSA) is 76.0 Å². The Morgan fingerprint density at radius 2 is 1.67 bits per heavy atom. The Morgan fingerprint density at radius 1 is 0.967 bits per heavy atom. The van der Waals surface area contributed by atoms with E-state index in [-0.39, 0.29) is 24.7 Å². The zero-order valence-corrected chi connectivity index (χ0v) is 17.9. The third-order valence-corrected chi connectivity index (χ3v) is 5.11. The normalized spacial score (nSPS) is 10.6. The van der Waals surface area contributed by atoms with E-state index >= 15 is 0 Å². The van der Waals surface area contributed by atoms with Crippen LogP contribution in [0, 0.1) is 13.8 Å². The number of nitrogens with zero attached hydrogens (tertiary/aromatic N) is 2. The van der Waals surface area contributed by atoms with E-state index in [1.807, 2.05) is 73.1 Å². The van der Waals surface area contributed by atoms with E-state index in [1.54, 1.807) is 0 Å². The summed E-state index contributed by atoms with van der Waals surface area (Å²) in [6.07, 6.45) is 0.456. The van der Waals surface area contributed by atoms with Crippen LogP contribution in [0.25, 0.3) is 5.69 Å². The lowest BCUT2D eigenvalue weighted by molar-refractivity contribution is -0.122. The molecule has 0 aliphatic heterocycles. The molecule has 6 nitrogen and oxygen atoms in total. The fourth-order valence-corrected chi connectivity index (χ4v) is 3.31. The first-order valence-corrected chi connectivity index (χ1v) is 10.2. The standard InChI is InChI=1S/C23H25ClN4O2/c1-16-21(17(2)28(27-16)20-10-8-19(24)9-11-20)14-23(30)25-13-12-22(29)26-15-18-6-4-3-5-7-18/h3-11H,12-15H2,1-2H3,(H,25,30)(H,26,29). The van der Waals surface area contributed by atoms with Crippen molar-refractivity contribution in [3.05, 3.63) is 82.1 Å². The fourth-order valence-electron chi connectivity index (χ4n) is 3.19. The quantitative estimate of drug-likeness (QED) is 0.581. The molecule has 0 atom stereocenters. The lowest BCUT2D eigenvalue weighted by Crippen LogP contribution is -2.31. The van der Waals surface area contributed by atoms with Crippen LogP contribution in [0.4, 0.5) is 0 Å². The van der Waals surface area contributed by atoms with Crippen molar-refractivity contribution in [2.45, 2.75) is 33.2 Å². The summed E-state index contributed by atoms with van der Waals surface area (Å²) in [6, 6.07) is 17.1. The molecule has 0 aliphatic carbocycles. The minimum Gasteiger partial charge on any atom is -0.355 e. The predicted molar refractivity (Wildman–Crippen MR) is 118 cm³/mol. The SMILES string of the molecule is Cc1nn(-c2ccc(Cl)cc2)c(C)c1CC(=O)NCCC(=O)NCc1ccccc1. The van der Waals surface area contributed by atoms with E-state index in [0.717, 1.165) is 28.2 Å². The molecule has 3 aromatic rings. The van der Waals surface area contributed by atoms with Crippen LogP contribution in [-0.4, -0.2) is 28.1 Å². The minimum atomic E-state index is -0.132. The summed E-state index contributed by atoms with van der Waals surface area (Å²) < 4.78 is 1.81. The summed E-state index contributed by atoms with van der Waals surface area (Å²) in [4.78, 5) is 24.3. The first kappa shape index (κ1) is 21.6. The average molecular weight is 425 g/mol. The Balaban J connectivity index is 1.49. The largest absolute Gasteiger partial charge is 0.355 e. The van der Waals surface area contributed by atoms with Gasteiger partial charge < -0.3 is 10.6 Å². The van der Waals surface area contributed by atoms with Gasteiger partial charge in [-0.05, 0) is 43.7 Å². The van der Waals surface area contributed by atoms with Crippen LogP contribution >= 0.6 is 11.6 Å². The van der Waals surface area contributed by atoms with Gasteiger partial charge in [-0.15, -0.1) is 0 Å². The van der Waals surface area contributed by atoms with Crippen LogP contribution in [0.5, 0.6) is 0 Å². The van der Waals surface area contributed by atoms with Crippen molar-refractivity contribution in [1.29, 1.82) is 0 Å². The van der Waals surface area contributed by atoms with Crippen molar-refractivity contribution in [2.75, 3.05) is 6.54 Å². The Kier molecular flexibility index (Phi) is 7.25. The molecule has 3 rings (SSSR count). The maximum Gasteiger partial charge on any atom is 0.224 e. The zero-order chi connectivity index (χ0) is 21.5. The molecule has 0 radical (unpaired) electrons. The third kappa shape index (κ3) is 5.70. The molecule has 2 aromatic carbocycles. The number of halogens is 1. The molecule has 0 bridgehead atoms. The Morgan fingerprint density at radius 3 is 2.37 bits per heavy atom. The summed E-state index contributed by atoms with van der Waals surface area (Å²) in [5.41, 5.74) is 4.53. The summed E-state index contributed by atoms with van der Waals surface area (Å²) in [6.45, 7) is 4.60. The molecular weight excluding hydrogens is 400 g/mol. The summed E-state index contributed by atoms with van der Waals surface area (Å²) in [5, 5.41) is 10.9. The van der Waals surface area contributed by atoms with Gasteiger partial charge in [0.2, 0.25) is 11.8 Å². The monoisotopic (exact) mass is 424 g/mol. The van der Waals surface area contributed by atoms with Gasteiger partial charge in [-0.1, -0.05) is 41.9 Å². The van der Waals surface area contributed by atoms with E-state index in [9.17, 15) is 9.59 Å². The van der Waals surface area contributed by atoms with Gasteiger partial charge in [-0.25, -0.2) is 4.68 Å². The van der Waals surface area contributed by atoms with Crippen LogP contribution in [-0.2, 0) is 22.6 Å². The number of rotatable bonds is 8. The molecule has 7 heteroatoms. The Labute approximate surface area is 181 Å². The summed E-state index contributed by atoms with van der Waals surface area (Å²) in [7, 11) is 0. The Bertz CT molecular complexity index is 1010. The molecule has 0 saturated heterocycles. The minimum absolute atomic E-state index is 0.0953. The van der Waals surface area contributed by atoms with Crippen LogP contribution in [0.2, 0.25) is 5.02 Å². The molecule has 0 saturated carbocycles. The van der Waals surface area contributed by atoms with E-state index in [0.29, 0.717) is 18.1 Å². The first-order chi connectivity index (χ1) is 14.4. The molecular formula is C23H25ClN4O2. The van der Waals surface area contributed by atoms with Crippen LogP contribution < -0.4 is 10.6 Å². The maximum absolute atomic E-state index is 12.4. The molecule has 1 aromatic heterocycles. The van der Waals surface area contributed by atoms with Gasteiger partial charge in [0.05, 0.1) is 17.8 Å². The van der Waals surface area contributed by atoms with E-state index in [1.165, 1.54) is 0 Å². The summed E-state index contributed by atoms with van der Waals surface area (Å²) in [5.74, 6) is -0.227. The highest BCUT2D eigenvalue weighted by Gasteiger charge is 2.16. The van der Waals surface area contributed by atoms with E-state index < -0.39 is 0 Å². The van der Waals surface area contributed by atoms with Crippen molar-refractivity contribution in [2.24, 2.45) is 0 Å². The summed E-state index contributed by atoms with van der Waals surface area (Å²) >= 11 is 5.95. The number of amides is 2. The van der Waals surface area contributed by atoms with Gasteiger partial charge in [-0.3, -0.25) is 9.59 Å². The van der Waals surface area contributed by atoms with Crippen molar-refractivity contribution in [3.63, 3.8) is 0 Å². The Hall–Kier alpha value is -3.12. The molecule has 2 amide bonds. The lowest BCUT2D eigenvalue weighted by Gasteiger charge is -2.08. The van der Waals surface area contributed by atoms with Gasteiger partial charge in [0.1, 0.15) is 0 Å². The average Bonchev–Trinajstić information content (AvgIpc) is 3.02. The van der Waals surface area contributed by atoms with Crippen molar-refractivity contribution < 1.29 is 9.59 Å². The first-order valence-electron chi connectivity index (χ1n) is 9.82. The van der Waals surface area contributed by atoms with Crippen molar-refractivity contribution in [1.82, 2.24) is 20.4 Å². The number of carbonyl (C=O) groups is 2. The maximum atomic E-state index is 12.4. The molecule has 1 heterocycles. The van der Waals surface area contributed by atoms with Gasteiger partial charge in [0.25, 0.3) is 0 Å². The smallest absolute Gasteiger partial charge is 0.224 e. The van der Waals surface area contributed by atoms with Gasteiger partial charge in [0, 0.05) is 35.8 Å². The fraction of sp³-hybridized carbons (Fsp3) is 0.261. The second kappa shape index (κ2) is 10.1. The van der Waals surface area contributed by atoms with E-state index in [4.69, 9.17) is 11.6 Å². The number of benzene rings is 2. The molecule has 2 N–H and O–H groups in total. The number of nitrogens with one attached hydrogen (secondary N) is 2.